The van der Waals surface area contributed by atoms with Crippen molar-refractivity contribution in [3.63, 3.8) is 0 Å². The minimum atomic E-state index is 0.233. The molecule has 4 heteroatoms. The Bertz CT molecular complexity index is 595. The van der Waals surface area contributed by atoms with E-state index in [1.807, 2.05) is 29.6 Å². The molecule has 0 atom stereocenters. The number of anilines is 1. The van der Waals surface area contributed by atoms with Crippen molar-refractivity contribution >= 4 is 16.5 Å². The van der Waals surface area contributed by atoms with Crippen LogP contribution in [0.3, 0.4) is 0 Å². The molecule has 0 aliphatic rings. The van der Waals surface area contributed by atoms with Gasteiger partial charge in [0.2, 0.25) is 0 Å². The number of hydrogen-bond acceptors (Lipinski definition) is 4. The smallest absolute Gasteiger partial charge is 0.180 e. The van der Waals surface area contributed by atoms with E-state index in [4.69, 9.17) is 10.8 Å². The molecule has 0 fully saturated rings. The average Bonchev–Trinajstić information content (AvgIpc) is 2.85. The SMILES string of the molecule is Nc1nc(-c2ccccc2C#CCCCCO)cs1. The second-order valence-electron chi connectivity index (χ2n) is 4.10. The van der Waals surface area contributed by atoms with Crippen molar-refractivity contribution in [2.75, 3.05) is 12.3 Å². The van der Waals surface area contributed by atoms with E-state index in [0.717, 1.165) is 36.1 Å². The van der Waals surface area contributed by atoms with Crippen LogP contribution in [0.5, 0.6) is 0 Å². The number of aliphatic hydroxyl groups excluding tert-OH is 1. The maximum Gasteiger partial charge on any atom is 0.180 e. The van der Waals surface area contributed by atoms with E-state index in [1.165, 1.54) is 11.3 Å². The molecule has 2 aromatic rings. The number of thiazole rings is 1. The molecular formula is C15H16N2OS. The zero-order chi connectivity index (χ0) is 13.5. The average molecular weight is 272 g/mol. The molecule has 3 nitrogen and oxygen atoms in total. The summed E-state index contributed by atoms with van der Waals surface area (Å²) in [6, 6.07) is 7.94. The summed E-state index contributed by atoms with van der Waals surface area (Å²) in [4.78, 5) is 4.29. The Balaban J connectivity index is 2.17. The van der Waals surface area contributed by atoms with Gasteiger partial charge in [-0.1, -0.05) is 30.0 Å². The maximum absolute atomic E-state index is 8.71. The zero-order valence-electron chi connectivity index (χ0n) is 10.6. The van der Waals surface area contributed by atoms with Crippen molar-refractivity contribution < 1.29 is 5.11 Å². The molecular weight excluding hydrogens is 256 g/mol. The van der Waals surface area contributed by atoms with Crippen LogP contribution in [0, 0.1) is 11.8 Å². The summed E-state index contributed by atoms with van der Waals surface area (Å²) in [5.41, 5.74) is 8.53. The van der Waals surface area contributed by atoms with Crippen LogP contribution in [0.25, 0.3) is 11.3 Å². The van der Waals surface area contributed by atoms with Crippen LogP contribution in [0.2, 0.25) is 0 Å². The third kappa shape index (κ3) is 3.82. The fraction of sp³-hybridized carbons (Fsp3) is 0.267. The lowest BCUT2D eigenvalue weighted by molar-refractivity contribution is 0.285. The normalized spacial score (nSPS) is 9.95. The lowest BCUT2D eigenvalue weighted by Crippen LogP contribution is -1.86. The number of hydrogen-bond donors (Lipinski definition) is 2. The number of aliphatic hydroxyl groups is 1. The molecule has 1 heterocycles. The van der Waals surface area contributed by atoms with Gasteiger partial charge in [0.05, 0.1) is 5.69 Å². The highest BCUT2D eigenvalue weighted by molar-refractivity contribution is 7.13. The van der Waals surface area contributed by atoms with Crippen LogP contribution in [-0.4, -0.2) is 16.7 Å². The van der Waals surface area contributed by atoms with Gasteiger partial charge in [-0.15, -0.1) is 11.3 Å². The van der Waals surface area contributed by atoms with Gasteiger partial charge < -0.3 is 10.8 Å². The molecule has 0 saturated heterocycles. The lowest BCUT2D eigenvalue weighted by atomic mass is 10.1. The van der Waals surface area contributed by atoms with Gasteiger partial charge >= 0.3 is 0 Å². The van der Waals surface area contributed by atoms with E-state index in [1.54, 1.807) is 0 Å². The van der Waals surface area contributed by atoms with Crippen molar-refractivity contribution in [1.82, 2.24) is 4.98 Å². The van der Waals surface area contributed by atoms with Crippen LogP contribution in [0.1, 0.15) is 24.8 Å². The van der Waals surface area contributed by atoms with Gasteiger partial charge in [0, 0.05) is 29.5 Å². The Hall–Kier alpha value is -1.83. The van der Waals surface area contributed by atoms with Gasteiger partial charge in [-0.25, -0.2) is 4.98 Å². The molecule has 2 rings (SSSR count). The number of benzene rings is 1. The van der Waals surface area contributed by atoms with E-state index in [-0.39, 0.29) is 6.61 Å². The first-order chi connectivity index (χ1) is 9.31. The number of nitrogens with two attached hydrogens (primary N) is 1. The Labute approximate surface area is 117 Å². The first kappa shape index (κ1) is 13.6. The molecule has 0 spiro atoms. The molecule has 98 valence electrons. The molecule has 1 aromatic carbocycles. The van der Waals surface area contributed by atoms with E-state index in [9.17, 15) is 0 Å². The number of rotatable bonds is 4. The lowest BCUT2D eigenvalue weighted by Gasteiger charge is -2.00. The van der Waals surface area contributed by atoms with Gasteiger partial charge in [0.25, 0.3) is 0 Å². The highest BCUT2D eigenvalue weighted by atomic mass is 32.1. The molecule has 0 radical (unpaired) electrons. The zero-order valence-corrected chi connectivity index (χ0v) is 11.4. The van der Waals surface area contributed by atoms with Crippen LogP contribution >= 0.6 is 11.3 Å². The van der Waals surface area contributed by atoms with Crippen LogP contribution in [0.4, 0.5) is 5.13 Å². The van der Waals surface area contributed by atoms with Gasteiger partial charge in [-0.3, -0.25) is 0 Å². The second-order valence-corrected chi connectivity index (χ2v) is 4.99. The van der Waals surface area contributed by atoms with Crippen molar-refractivity contribution in [1.29, 1.82) is 0 Å². The highest BCUT2D eigenvalue weighted by Crippen LogP contribution is 2.25. The van der Waals surface area contributed by atoms with Gasteiger partial charge in [0.1, 0.15) is 0 Å². The first-order valence-corrected chi connectivity index (χ1v) is 7.09. The number of aromatic nitrogens is 1. The fourth-order valence-electron chi connectivity index (χ4n) is 1.71. The second kappa shape index (κ2) is 6.93. The summed E-state index contributed by atoms with van der Waals surface area (Å²) < 4.78 is 0. The van der Waals surface area contributed by atoms with Crippen molar-refractivity contribution in [3.8, 4) is 23.1 Å². The summed E-state index contributed by atoms with van der Waals surface area (Å²) in [5, 5.41) is 11.2. The minimum absolute atomic E-state index is 0.233. The summed E-state index contributed by atoms with van der Waals surface area (Å²) in [6.07, 6.45) is 2.53. The molecule has 0 saturated carbocycles. The predicted molar refractivity (Wildman–Crippen MR) is 79.8 cm³/mol. The largest absolute Gasteiger partial charge is 0.396 e. The van der Waals surface area contributed by atoms with Crippen LogP contribution in [-0.2, 0) is 0 Å². The van der Waals surface area contributed by atoms with Crippen molar-refractivity contribution in [2.45, 2.75) is 19.3 Å². The third-order valence-electron chi connectivity index (χ3n) is 2.66. The Morgan fingerprint density at radius 2 is 2.11 bits per heavy atom. The van der Waals surface area contributed by atoms with Gasteiger partial charge in [-0.2, -0.15) is 0 Å². The number of nitrogen functional groups attached to an aromatic ring is 1. The Morgan fingerprint density at radius 1 is 1.26 bits per heavy atom. The van der Waals surface area contributed by atoms with E-state index in [0.29, 0.717) is 5.13 Å². The quantitative estimate of drug-likeness (QED) is 0.664. The summed E-state index contributed by atoms with van der Waals surface area (Å²) in [7, 11) is 0. The molecule has 0 bridgehead atoms. The topological polar surface area (TPSA) is 59.1 Å². The van der Waals surface area contributed by atoms with Crippen molar-refractivity contribution in [3.05, 3.63) is 35.2 Å². The third-order valence-corrected chi connectivity index (χ3v) is 3.33. The standard InChI is InChI=1S/C15H16N2OS/c16-15-17-14(11-19-15)13-9-5-4-8-12(13)7-3-1-2-6-10-18/h4-5,8-9,11,18H,1-2,6,10H2,(H2,16,17). The first-order valence-electron chi connectivity index (χ1n) is 6.21. The summed E-state index contributed by atoms with van der Waals surface area (Å²) in [6.45, 7) is 0.233. The van der Waals surface area contributed by atoms with Crippen LogP contribution < -0.4 is 5.73 Å². The van der Waals surface area contributed by atoms with E-state index < -0.39 is 0 Å². The molecule has 19 heavy (non-hydrogen) atoms. The molecule has 0 unspecified atom stereocenters. The van der Waals surface area contributed by atoms with E-state index in [2.05, 4.69) is 16.8 Å². The van der Waals surface area contributed by atoms with E-state index >= 15 is 0 Å². The Morgan fingerprint density at radius 3 is 2.84 bits per heavy atom. The predicted octanol–water partition coefficient (Wildman–Crippen LogP) is 2.91. The van der Waals surface area contributed by atoms with Crippen LogP contribution in [0.15, 0.2) is 29.6 Å². The fourth-order valence-corrected chi connectivity index (χ4v) is 2.27. The monoisotopic (exact) mass is 272 g/mol. The minimum Gasteiger partial charge on any atom is -0.396 e. The number of nitrogens with zero attached hydrogens (tertiary/aromatic N) is 1. The number of unbranched alkanes of at least 4 members (excludes halogenated alkanes) is 2. The van der Waals surface area contributed by atoms with Gasteiger partial charge in [-0.05, 0) is 18.9 Å². The molecule has 1 aromatic heterocycles. The Kier molecular flexibility index (Phi) is 4.96. The molecule has 0 aliphatic heterocycles. The molecule has 0 aliphatic carbocycles. The summed E-state index contributed by atoms with van der Waals surface area (Å²) >= 11 is 1.43. The highest BCUT2D eigenvalue weighted by Gasteiger charge is 2.05. The summed E-state index contributed by atoms with van der Waals surface area (Å²) in [5.74, 6) is 6.31. The molecule has 0 amide bonds. The maximum atomic E-state index is 8.71. The van der Waals surface area contributed by atoms with Crippen molar-refractivity contribution in [2.24, 2.45) is 0 Å². The van der Waals surface area contributed by atoms with Gasteiger partial charge in [0.15, 0.2) is 5.13 Å². The molecule has 3 N–H and O–H groups in total.